The van der Waals surface area contributed by atoms with Crippen molar-refractivity contribution < 1.29 is 27.2 Å². The van der Waals surface area contributed by atoms with Gasteiger partial charge in [0.2, 0.25) is 11.7 Å². The van der Waals surface area contributed by atoms with E-state index in [1.54, 1.807) is 6.07 Å². The van der Waals surface area contributed by atoms with Crippen molar-refractivity contribution in [3.8, 4) is 0 Å². The van der Waals surface area contributed by atoms with Crippen LogP contribution in [0.1, 0.15) is 10.6 Å². The van der Waals surface area contributed by atoms with Gasteiger partial charge in [0.25, 0.3) is 15.9 Å². The van der Waals surface area contributed by atoms with Crippen molar-refractivity contribution in [2.75, 3.05) is 16.6 Å². The molecule has 144 valence electrons. The van der Waals surface area contributed by atoms with Crippen molar-refractivity contribution in [2.45, 2.75) is 4.90 Å². The van der Waals surface area contributed by atoms with Crippen molar-refractivity contribution in [1.29, 1.82) is 0 Å². The Morgan fingerprint density at radius 2 is 1.75 bits per heavy atom. The highest BCUT2D eigenvalue weighted by Crippen LogP contribution is 2.16. The maximum absolute atomic E-state index is 12.3. The van der Waals surface area contributed by atoms with E-state index in [-0.39, 0.29) is 16.6 Å². The molecule has 0 aliphatic rings. The van der Waals surface area contributed by atoms with E-state index in [0.717, 1.165) is 0 Å². The van der Waals surface area contributed by atoms with Crippen LogP contribution in [0, 0.1) is 0 Å². The summed E-state index contributed by atoms with van der Waals surface area (Å²) in [7, 11) is -3.87. The van der Waals surface area contributed by atoms with Crippen LogP contribution in [0.5, 0.6) is 0 Å². The summed E-state index contributed by atoms with van der Waals surface area (Å²) in [6.07, 6.45) is 4.12. The summed E-state index contributed by atoms with van der Waals surface area (Å²) < 4.78 is 36.5. The van der Waals surface area contributed by atoms with Crippen LogP contribution in [0.2, 0.25) is 0 Å². The van der Waals surface area contributed by atoms with Crippen LogP contribution in [-0.2, 0) is 19.6 Å². The lowest BCUT2D eigenvalue weighted by atomic mass is 10.3. The summed E-state index contributed by atoms with van der Waals surface area (Å²) in [5.74, 6) is -1.43. The normalized spacial score (nSPS) is 10.9. The number of furan rings is 1. The van der Waals surface area contributed by atoms with Gasteiger partial charge in [-0.05, 0) is 42.5 Å². The first-order chi connectivity index (χ1) is 13.4. The molecule has 2 N–H and O–H groups in total. The van der Waals surface area contributed by atoms with Gasteiger partial charge in [-0.15, -0.1) is 0 Å². The Hall–Kier alpha value is -3.73. The Morgan fingerprint density at radius 1 is 1.04 bits per heavy atom. The molecule has 0 radical (unpaired) electrons. The van der Waals surface area contributed by atoms with E-state index in [1.807, 2.05) is 0 Å². The molecule has 3 aromatic rings. The van der Waals surface area contributed by atoms with E-state index in [9.17, 15) is 18.0 Å². The topological polar surface area (TPSA) is 140 Å². The van der Waals surface area contributed by atoms with Crippen LogP contribution in [0.25, 0.3) is 0 Å². The highest BCUT2D eigenvalue weighted by molar-refractivity contribution is 7.92. The number of rotatable bonds is 7. The molecule has 11 heteroatoms. The molecule has 0 saturated heterocycles. The van der Waals surface area contributed by atoms with Crippen LogP contribution >= 0.6 is 0 Å². The molecular weight excluding hydrogens is 388 g/mol. The molecule has 0 bridgehead atoms. The van der Waals surface area contributed by atoms with Gasteiger partial charge in [-0.1, -0.05) is 0 Å². The Kier molecular flexibility index (Phi) is 5.65. The molecule has 0 atom stereocenters. The molecule has 0 aliphatic carbocycles. The smallest absolute Gasteiger partial charge is 0.374 e. The van der Waals surface area contributed by atoms with Crippen LogP contribution in [0.4, 0.5) is 11.6 Å². The molecule has 2 heterocycles. The zero-order valence-electron chi connectivity index (χ0n) is 14.2. The second-order valence-electron chi connectivity index (χ2n) is 5.30. The molecule has 1 amide bonds. The molecule has 0 fully saturated rings. The fourth-order valence-corrected chi connectivity index (χ4v) is 3.00. The molecule has 0 aliphatic heterocycles. The van der Waals surface area contributed by atoms with Gasteiger partial charge in [0, 0.05) is 18.1 Å². The average Bonchev–Trinajstić information content (AvgIpc) is 3.22. The van der Waals surface area contributed by atoms with E-state index in [0.29, 0.717) is 5.69 Å². The molecule has 0 spiro atoms. The third-order valence-electron chi connectivity index (χ3n) is 3.30. The number of hydrogen-bond donors (Lipinski definition) is 2. The fraction of sp³-hybridized carbons (Fsp3) is 0.0588. The average molecular weight is 402 g/mol. The Balaban J connectivity index is 1.56. The maximum Gasteiger partial charge on any atom is 0.374 e. The Bertz CT molecular complexity index is 1050. The zero-order valence-corrected chi connectivity index (χ0v) is 15.0. The minimum absolute atomic E-state index is 0.0164. The van der Waals surface area contributed by atoms with E-state index in [2.05, 4.69) is 20.0 Å². The van der Waals surface area contributed by atoms with Crippen molar-refractivity contribution in [2.24, 2.45) is 0 Å². The molecular formula is C17H14N4O6S. The van der Waals surface area contributed by atoms with Gasteiger partial charge in [-0.2, -0.15) is 0 Å². The standard InChI is InChI=1S/C17H14N4O6S/c22-15(11-27-16(23)14-3-1-10-26-14)20-12-4-6-13(7-5-12)28(24,25)21-17-18-8-2-9-19-17/h1-10H,11H2,(H,20,22)(H,18,19,21). The van der Waals surface area contributed by atoms with Gasteiger partial charge in [0.1, 0.15) is 0 Å². The molecule has 1 aromatic carbocycles. The zero-order chi connectivity index (χ0) is 20.0. The lowest BCUT2D eigenvalue weighted by molar-refractivity contribution is -0.119. The summed E-state index contributed by atoms with van der Waals surface area (Å²) >= 11 is 0. The number of carbonyl (C=O) groups is 2. The summed E-state index contributed by atoms with van der Waals surface area (Å²) in [6.45, 7) is -0.521. The highest BCUT2D eigenvalue weighted by atomic mass is 32.2. The maximum atomic E-state index is 12.3. The second-order valence-corrected chi connectivity index (χ2v) is 6.99. The minimum atomic E-state index is -3.87. The summed E-state index contributed by atoms with van der Waals surface area (Å²) in [5.41, 5.74) is 0.328. The number of sulfonamides is 1. The number of hydrogen-bond acceptors (Lipinski definition) is 8. The monoisotopic (exact) mass is 402 g/mol. The Morgan fingerprint density at radius 3 is 2.39 bits per heavy atom. The van der Waals surface area contributed by atoms with Crippen LogP contribution in [0.15, 0.2) is 70.4 Å². The second kappa shape index (κ2) is 8.31. The van der Waals surface area contributed by atoms with E-state index < -0.39 is 28.5 Å². The number of esters is 1. The molecule has 0 saturated carbocycles. The van der Waals surface area contributed by atoms with Crippen LogP contribution < -0.4 is 10.0 Å². The molecule has 0 unspecified atom stereocenters. The van der Waals surface area contributed by atoms with Gasteiger partial charge in [0.05, 0.1) is 11.2 Å². The number of ether oxygens (including phenoxy) is 1. The van der Waals surface area contributed by atoms with Crippen LogP contribution in [-0.4, -0.2) is 36.9 Å². The minimum Gasteiger partial charge on any atom is -0.457 e. The quantitative estimate of drug-likeness (QED) is 0.569. The first-order valence-electron chi connectivity index (χ1n) is 7.84. The number of benzene rings is 1. The largest absolute Gasteiger partial charge is 0.457 e. The molecule has 3 rings (SSSR count). The number of aromatic nitrogens is 2. The Labute approximate surface area is 159 Å². The number of nitrogens with one attached hydrogen (secondary N) is 2. The van der Waals surface area contributed by atoms with Crippen LogP contribution in [0.3, 0.4) is 0 Å². The highest BCUT2D eigenvalue weighted by Gasteiger charge is 2.16. The first kappa shape index (κ1) is 19.0. The molecule has 28 heavy (non-hydrogen) atoms. The van der Waals surface area contributed by atoms with Gasteiger partial charge in [0.15, 0.2) is 6.61 Å². The van der Waals surface area contributed by atoms with Gasteiger partial charge < -0.3 is 14.5 Å². The summed E-state index contributed by atoms with van der Waals surface area (Å²) in [5, 5.41) is 2.48. The van der Waals surface area contributed by atoms with Gasteiger partial charge in [-0.25, -0.2) is 27.9 Å². The lowest BCUT2D eigenvalue weighted by Gasteiger charge is -2.08. The van der Waals surface area contributed by atoms with Gasteiger partial charge in [-0.3, -0.25) is 4.79 Å². The number of nitrogens with zero attached hydrogens (tertiary/aromatic N) is 2. The summed E-state index contributed by atoms with van der Waals surface area (Å²) in [6, 6.07) is 9.88. The van der Waals surface area contributed by atoms with E-state index in [1.165, 1.54) is 55.1 Å². The lowest BCUT2D eigenvalue weighted by Crippen LogP contribution is -2.21. The van der Waals surface area contributed by atoms with Crippen molar-refractivity contribution in [1.82, 2.24) is 9.97 Å². The number of amides is 1. The predicted octanol–water partition coefficient (Wildman–Crippen LogP) is 1.67. The van der Waals surface area contributed by atoms with Crippen molar-refractivity contribution in [3.63, 3.8) is 0 Å². The fourth-order valence-electron chi connectivity index (χ4n) is 2.04. The number of carbonyl (C=O) groups excluding carboxylic acids is 2. The molecule has 2 aromatic heterocycles. The van der Waals surface area contributed by atoms with Crippen molar-refractivity contribution in [3.05, 3.63) is 66.9 Å². The van der Waals surface area contributed by atoms with Gasteiger partial charge >= 0.3 is 5.97 Å². The predicted molar refractivity (Wildman–Crippen MR) is 96.9 cm³/mol. The number of anilines is 2. The third-order valence-corrected chi connectivity index (χ3v) is 4.64. The van der Waals surface area contributed by atoms with E-state index in [4.69, 9.17) is 9.15 Å². The van der Waals surface area contributed by atoms with E-state index >= 15 is 0 Å². The molecule has 10 nitrogen and oxygen atoms in total. The SMILES string of the molecule is O=C(COC(=O)c1ccco1)Nc1ccc(S(=O)(=O)Nc2ncccn2)cc1. The first-order valence-corrected chi connectivity index (χ1v) is 9.33. The van der Waals surface area contributed by atoms with Crippen molar-refractivity contribution >= 4 is 33.5 Å². The summed E-state index contributed by atoms with van der Waals surface area (Å²) in [4.78, 5) is 31.0. The third kappa shape index (κ3) is 4.92.